The largest absolute Gasteiger partial charge is 0.314 e. The van der Waals surface area contributed by atoms with Gasteiger partial charge in [-0.2, -0.15) is 0 Å². The van der Waals surface area contributed by atoms with Crippen molar-refractivity contribution in [3.63, 3.8) is 0 Å². The van der Waals surface area contributed by atoms with E-state index in [2.05, 4.69) is 52.1 Å². The zero-order valence-electron chi connectivity index (χ0n) is 10.7. The van der Waals surface area contributed by atoms with E-state index in [1.165, 1.54) is 40.8 Å². The Balaban J connectivity index is 2.00. The molecule has 2 rings (SSSR count). The second-order valence-electron chi connectivity index (χ2n) is 4.81. The SMILES string of the molecule is Cc1ccc(Br)c(CCN2CCNCC2)c1C. The smallest absolute Gasteiger partial charge is 0.0210 e. The number of halogens is 1. The predicted molar refractivity (Wildman–Crippen MR) is 76.6 cm³/mol. The summed E-state index contributed by atoms with van der Waals surface area (Å²) in [6.07, 6.45) is 1.15. The maximum atomic E-state index is 3.68. The van der Waals surface area contributed by atoms with Crippen LogP contribution in [0.25, 0.3) is 0 Å². The van der Waals surface area contributed by atoms with Crippen LogP contribution in [0.3, 0.4) is 0 Å². The zero-order valence-corrected chi connectivity index (χ0v) is 12.3. The molecule has 0 bridgehead atoms. The Morgan fingerprint density at radius 1 is 1.24 bits per heavy atom. The molecule has 0 aromatic heterocycles. The van der Waals surface area contributed by atoms with Crippen LogP contribution in [0.2, 0.25) is 0 Å². The van der Waals surface area contributed by atoms with Crippen molar-refractivity contribution in [3.8, 4) is 0 Å². The van der Waals surface area contributed by atoms with Crippen molar-refractivity contribution in [1.82, 2.24) is 10.2 Å². The minimum atomic E-state index is 1.13. The van der Waals surface area contributed by atoms with Gasteiger partial charge >= 0.3 is 0 Å². The molecule has 2 nitrogen and oxygen atoms in total. The first-order valence-corrected chi connectivity index (χ1v) is 7.15. The number of aryl methyl sites for hydroxylation is 1. The highest BCUT2D eigenvalue weighted by Gasteiger charge is 2.11. The van der Waals surface area contributed by atoms with E-state index < -0.39 is 0 Å². The summed E-state index contributed by atoms with van der Waals surface area (Å²) in [5, 5.41) is 3.39. The molecule has 0 spiro atoms. The van der Waals surface area contributed by atoms with E-state index in [1.54, 1.807) is 0 Å². The number of nitrogens with one attached hydrogen (secondary N) is 1. The van der Waals surface area contributed by atoms with Crippen LogP contribution < -0.4 is 5.32 Å². The predicted octanol–water partition coefficient (Wildman–Crippen LogP) is 2.51. The molecular weight excluding hydrogens is 276 g/mol. The van der Waals surface area contributed by atoms with Crippen molar-refractivity contribution in [2.75, 3.05) is 32.7 Å². The van der Waals surface area contributed by atoms with Crippen molar-refractivity contribution < 1.29 is 0 Å². The third-order valence-corrected chi connectivity index (χ3v) is 4.44. The molecule has 0 amide bonds. The molecule has 3 heteroatoms. The Labute approximate surface area is 113 Å². The molecular formula is C14H21BrN2. The molecule has 1 aromatic rings. The van der Waals surface area contributed by atoms with Gasteiger partial charge in [0, 0.05) is 37.2 Å². The van der Waals surface area contributed by atoms with Gasteiger partial charge in [0.25, 0.3) is 0 Å². The fraction of sp³-hybridized carbons (Fsp3) is 0.571. The highest BCUT2D eigenvalue weighted by atomic mass is 79.9. The second-order valence-corrected chi connectivity index (χ2v) is 5.66. The van der Waals surface area contributed by atoms with Crippen LogP contribution in [0.1, 0.15) is 16.7 Å². The van der Waals surface area contributed by atoms with Crippen LogP contribution in [0, 0.1) is 13.8 Å². The molecule has 1 aromatic carbocycles. The average Bonchev–Trinajstić information content (AvgIpc) is 2.35. The van der Waals surface area contributed by atoms with Gasteiger partial charge in [-0.05, 0) is 43.0 Å². The maximum absolute atomic E-state index is 3.68. The Kier molecular flexibility index (Phi) is 4.60. The number of benzene rings is 1. The Bertz CT molecular complexity index is 384. The van der Waals surface area contributed by atoms with Gasteiger partial charge in [-0.15, -0.1) is 0 Å². The highest BCUT2D eigenvalue weighted by Crippen LogP contribution is 2.23. The molecule has 1 heterocycles. The maximum Gasteiger partial charge on any atom is 0.0210 e. The summed E-state index contributed by atoms with van der Waals surface area (Å²) in [6.45, 7) is 10.2. The molecule has 17 heavy (non-hydrogen) atoms. The number of piperazine rings is 1. The zero-order chi connectivity index (χ0) is 12.3. The molecule has 0 aliphatic carbocycles. The first-order chi connectivity index (χ1) is 8.18. The number of nitrogens with zero attached hydrogens (tertiary/aromatic N) is 1. The van der Waals surface area contributed by atoms with Crippen LogP contribution in [0.5, 0.6) is 0 Å². The number of hydrogen-bond acceptors (Lipinski definition) is 2. The summed E-state index contributed by atoms with van der Waals surface area (Å²) in [5.41, 5.74) is 4.31. The van der Waals surface area contributed by atoms with Gasteiger partial charge in [-0.1, -0.05) is 22.0 Å². The van der Waals surface area contributed by atoms with E-state index in [1.807, 2.05) is 0 Å². The van der Waals surface area contributed by atoms with E-state index in [0.717, 1.165) is 19.5 Å². The lowest BCUT2D eigenvalue weighted by Crippen LogP contribution is -2.44. The summed E-state index contributed by atoms with van der Waals surface area (Å²) in [5.74, 6) is 0. The Morgan fingerprint density at radius 2 is 1.94 bits per heavy atom. The fourth-order valence-electron chi connectivity index (χ4n) is 2.35. The highest BCUT2D eigenvalue weighted by molar-refractivity contribution is 9.10. The van der Waals surface area contributed by atoms with Crippen molar-refractivity contribution >= 4 is 15.9 Å². The quantitative estimate of drug-likeness (QED) is 0.922. The summed E-state index contributed by atoms with van der Waals surface area (Å²) in [7, 11) is 0. The molecule has 1 fully saturated rings. The molecule has 1 aliphatic rings. The van der Waals surface area contributed by atoms with Gasteiger partial charge in [0.05, 0.1) is 0 Å². The van der Waals surface area contributed by atoms with E-state index in [-0.39, 0.29) is 0 Å². The van der Waals surface area contributed by atoms with Gasteiger partial charge in [0.1, 0.15) is 0 Å². The molecule has 1 saturated heterocycles. The molecule has 1 N–H and O–H groups in total. The minimum Gasteiger partial charge on any atom is -0.314 e. The van der Waals surface area contributed by atoms with E-state index in [0.29, 0.717) is 0 Å². The van der Waals surface area contributed by atoms with Crippen molar-refractivity contribution in [3.05, 3.63) is 33.3 Å². The fourth-order valence-corrected chi connectivity index (χ4v) is 2.98. The van der Waals surface area contributed by atoms with E-state index in [9.17, 15) is 0 Å². The molecule has 94 valence electrons. The van der Waals surface area contributed by atoms with Gasteiger partial charge < -0.3 is 10.2 Å². The third kappa shape index (κ3) is 3.30. The van der Waals surface area contributed by atoms with Crippen molar-refractivity contribution in [2.45, 2.75) is 20.3 Å². The standard InChI is InChI=1S/C14H21BrN2/c1-11-3-4-14(15)13(12(11)2)5-8-17-9-6-16-7-10-17/h3-4,16H,5-10H2,1-2H3. The van der Waals surface area contributed by atoms with E-state index in [4.69, 9.17) is 0 Å². The molecule has 0 atom stereocenters. The normalized spacial score (nSPS) is 17.4. The molecule has 0 radical (unpaired) electrons. The molecule has 0 saturated carbocycles. The van der Waals surface area contributed by atoms with Crippen molar-refractivity contribution in [1.29, 1.82) is 0 Å². The number of hydrogen-bond donors (Lipinski definition) is 1. The Hall–Kier alpha value is -0.380. The van der Waals surface area contributed by atoms with Gasteiger partial charge in [0.15, 0.2) is 0 Å². The average molecular weight is 297 g/mol. The molecule has 0 unspecified atom stereocenters. The monoisotopic (exact) mass is 296 g/mol. The topological polar surface area (TPSA) is 15.3 Å². The first-order valence-electron chi connectivity index (χ1n) is 6.36. The van der Waals surface area contributed by atoms with Crippen molar-refractivity contribution in [2.24, 2.45) is 0 Å². The summed E-state index contributed by atoms with van der Waals surface area (Å²) >= 11 is 3.68. The lowest BCUT2D eigenvalue weighted by atomic mass is 10.0. The van der Waals surface area contributed by atoms with Crippen LogP contribution in [-0.4, -0.2) is 37.6 Å². The summed E-state index contributed by atoms with van der Waals surface area (Å²) in [4.78, 5) is 2.55. The third-order valence-electron chi connectivity index (χ3n) is 3.70. The van der Waals surface area contributed by atoms with Gasteiger partial charge in [0.2, 0.25) is 0 Å². The minimum absolute atomic E-state index is 1.13. The number of rotatable bonds is 3. The van der Waals surface area contributed by atoms with Crippen LogP contribution >= 0.6 is 15.9 Å². The lowest BCUT2D eigenvalue weighted by Gasteiger charge is -2.27. The van der Waals surface area contributed by atoms with Crippen LogP contribution in [0.4, 0.5) is 0 Å². The summed E-state index contributed by atoms with van der Waals surface area (Å²) < 4.78 is 1.26. The summed E-state index contributed by atoms with van der Waals surface area (Å²) in [6, 6.07) is 4.36. The van der Waals surface area contributed by atoms with Crippen LogP contribution in [-0.2, 0) is 6.42 Å². The molecule has 1 aliphatic heterocycles. The van der Waals surface area contributed by atoms with Crippen LogP contribution in [0.15, 0.2) is 16.6 Å². The Morgan fingerprint density at radius 3 is 2.65 bits per heavy atom. The first kappa shape index (κ1) is 13.1. The lowest BCUT2D eigenvalue weighted by molar-refractivity contribution is 0.243. The van der Waals surface area contributed by atoms with Gasteiger partial charge in [-0.25, -0.2) is 0 Å². The second kappa shape index (κ2) is 5.98. The van der Waals surface area contributed by atoms with E-state index >= 15 is 0 Å². The van der Waals surface area contributed by atoms with Gasteiger partial charge in [-0.3, -0.25) is 0 Å².